The van der Waals surface area contributed by atoms with Crippen LogP contribution in [0.2, 0.25) is 0 Å². The fourth-order valence-corrected chi connectivity index (χ4v) is 4.06. The van der Waals surface area contributed by atoms with E-state index in [1.807, 2.05) is 36.4 Å². The van der Waals surface area contributed by atoms with Gasteiger partial charge >= 0.3 is 0 Å². The van der Waals surface area contributed by atoms with Crippen LogP contribution in [0, 0.1) is 5.92 Å². The van der Waals surface area contributed by atoms with Crippen molar-refractivity contribution in [2.75, 3.05) is 19.0 Å². The Morgan fingerprint density at radius 1 is 1.22 bits per heavy atom. The number of fused-ring (bicyclic) bond motifs is 1. The number of rotatable bonds is 7. The van der Waals surface area contributed by atoms with Crippen LogP contribution < -0.4 is 10.1 Å². The van der Waals surface area contributed by atoms with E-state index < -0.39 is 5.60 Å². The summed E-state index contributed by atoms with van der Waals surface area (Å²) in [5, 5.41) is 5.16. The second-order valence-electron chi connectivity index (χ2n) is 7.71. The van der Waals surface area contributed by atoms with Crippen molar-refractivity contribution in [2.24, 2.45) is 5.92 Å². The number of unbranched alkanes of at least 4 members (excludes halogenated alkanes) is 1. The molecule has 0 aromatic heterocycles. The van der Waals surface area contributed by atoms with Crippen molar-refractivity contribution < 1.29 is 14.3 Å². The van der Waals surface area contributed by atoms with Crippen molar-refractivity contribution in [2.45, 2.75) is 58.0 Å². The largest absolute Gasteiger partial charge is 0.493 e. The van der Waals surface area contributed by atoms with Gasteiger partial charge in [0, 0.05) is 23.6 Å². The van der Waals surface area contributed by atoms with Crippen molar-refractivity contribution >= 4 is 22.4 Å². The SMILES string of the molecule is CCCCOc1ccc(NC(=O)[C@]2(OC)CCC[C@@H](C)C2)c2ccccc12. The zero-order valence-electron chi connectivity index (χ0n) is 16.7. The Morgan fingerprint density at radius 2 is 2.00 bits per heavy atom. The van der Waals surface area contributed by atoms with Crippen molar-refractivity contribution in [3.63, 3.8) is 0 Å². The fourth-order valence-electron chi connectivity index (χ4n) is 4.06. The van der Waals surface area contributed by atoms with E-state index in [1.165, 1.54) is 0 Å². The number of methoxy groups -OCH3 is 1. The molecule has 4 heteroatoms. The van der Waals surface area contributed by atoms with E-state index in [4.69, 9.17) is 9.47 Å². The molecule has 1 N–H and O–H groups in total. The van der Waals surface area contributed by atoms with E-state index in [2.05, 4.69) is 19.2 Å². The van der Waals surface area contributed by atoms with Gasteiger partial charge in [-0.1, -0.05) is 51.0 Å². The number of carbonyl (C=O) groups is 1. The molecule has 1 aliphatic carbocycles. The van der Waals surface area contributed by atoms with Gasteiger partial charge in [0.05, 0.1) is 6.61 Å². The first kappa shape index (κ1) is 19.7. The Balaban J connectivity index is 1.86. The van der Waals surface area contributed by atoms with Gasteiger partial charge in [-0.25, -0.2) is 0 Å². The van der Waals surface area contributed by atoms with Gasteiger partial charge in [-0.3, -0.25) is 4.79 Å². The second kappa shape index (κ2) is 8.75. The summed E-state index contributed by atoms with van der Waals surface area (Å²) in [4.78, 5) is 13.1. The zero-order chi connectivity index (χ0) is 19.3. The molecular weight excluding hydrogens is 338 g/mol. The summed E-state index contributed by atoms with van der Waals surface area (Å²) < 4.78 is 11.7. The lowest BCUT2D eigenvalue weighted by Gasteiger charge is -2.37. The van der Waals surface area contributed by atoms with Crippen LogP contribution in [0.3, 0.4) is 0 Å². The Kier molecular flexibility index (Phi) is 6.38. The average Bonchev–Trinajstić information content (AvgIpc) is 2.69. The summed E-state index contributed by atoms with van der Waals surface area (Å²) in [5.41, 5.74) is 0.0859. The Labute approximate surface area is 162 Å². The molecule has 4 nitrogen and oxygen atoms in total. The number of ether oxygens (including phenoxy) is 2. The number of benzene rings is 2. The number of nitrogens with one attached hydrogen (secondary N) is 1. The predicted octanol–water partition coefficient (Wildman–Crippen LogP) is 5.55. The summed E-state index contributed by atoms with van der Waals surface area (Å²) >= 11 is 0. The normalized spacial score (nSPS) is 22.6. The van der Waals surface area contributed by atoms with Crippen LogP contribution >= 0.6 is 0 Å². The van der Waals surface area contributed by atoms with Crippen LogP contribution in [0.5, 0.6) is 5.75 Å². The minimum atomic E-state index is -0.727. The molecular formula is C23H31NO3. The highest BCUT2D eigenvalue weighted by molar-refractivity contribution is 6.06. The quantitative estimate of drug-likeness (QED) is 0.651. The van der Waals surface area contributed by atoms with Gasteiger partial charge in [-0.15, -0.1) is 0 Å². The topological polar surface area (TPSA) is 47.6 Å². The van der Waals surface area contributed by atoms with Crippen molar-refractivity contribution in [3.05, 3.63) is 36.4 Å². The van der Waals surface area contributed by atoms with Gasteiger partial charge in [0.1, 0.15) is 11.4 Å². The van der Waals surface area contributed by atoms with Crippen LogP contribution in [-0.2, 0) is 9.53 Å². The maximum absolute atomic E-state index is 13.1. The molecule has 0 heterocycles. The lowest BCUT2D eigenvalue weighted by molar-refractivity contribution is -0.143. The fraction of sp³-hybridized carbons (Fsp3) is 0.522. The van der Waals surface area contributed by atoms with Crippen LogP contribution in [0.4, 0.5) is 5.69 Å². The van der Waals surface area contributed by atoms with Crippen LogP contribution in [0.25, 0.3) is 10.8 Å². The zero-order valence-corrected chi connectivity index (χ0v) is 16.7. The molecule has 146 valence electrons. The monoisotopic (exact) mass is 369 g/mol. The molecule has 0 spiro atoms. The summed E-state index contributed by atoms with van der Waals surface area (Å²) in [6, 6.07) is 12.0. The highest BCUT2D eigenvalue weighted by atomic mass is 16.5. The summed E-state index contributed by atoms with van der Waals surface area (Å²) in [5.74, 6) is 1.32. The number of amides is 1. The van der Waals surface area contributed by atoms with Gasteiger partial charge in [0.25, 0.3) is 5.91 Å². The third kappa shape index (κ3) is 4.27. The standard InChI is InChI=1S/C23H31NO3/c1-4-5-15-27-21-13-12-20(18-10-6-7-11-19(18)21)24-22(25)23(26-3)14-8-9-17(2)16-23/h6-7,10-13,17H,4-5,8-9,14-16H2,1-3H3,(H,24,25)/t17-,23+/m1/s1. The van der Waals surface area contributed by atoms with E-state index >= 15 is 0 Å². The molecule has 1 saturated carbocycles. The first-order valence-corrected chi connectivity index (χ1v) is 10.1. The van der Waals surface area contributed by atoms with E-state index in [0.29, 0.717) is 12.5 Å². The molecule has 2 aromatic rings. The van der Waals surface area contributed by atoms with E-state index in [-0.39, 0.29) is 5.91 Å². The molecule has 0 unspecified atom stereocenters. The van der Waals surface area contributed by atoms with Gasteiger partial charge in [-0.2, -0.15) is 0 Å². The summed E-state index contributed by atoms with van der Waals surface area (Å²) in [6.07, 6.45) is 5.85. The Morgan fingerprint density at radius 3 is 2.70 bits per heavy atom. The van der Waals surface area contributed by atoms with Crippen LogP contribution in [-0.4, -0.2) is 25.2 Å². The molecule has 0 saturated heterocycles. The molecule has 0 bridgehead atoms. The summed E-state index contributed by atoms with van der Waals surface area (Å²) in [6.45, 7) is 5.05. The molecule has 27 heavy (non-hydrogen) atoms. The highest BCUT2D eigenvalue weighted by Crippen LogP contribution is 2.37. The minimum absolute atomic E-state index is 0.0404. The van der Waals surface area contributed by atoms with E-state index in [0.717, 1.165) is 60.7 Å². The maximum atomic E-state index is 13.1. The average molecular weight is 370 g/mol. The Bertz CT molecular complexity index is 788. The second-order valence-corrected chi connectivity index (χ2v) is 7.71. The maximum Gasteiger partial charge on any atom is 0.256 e. The van der Waals surface area contributed by atoms with E-state index in [1.54, 1.807) is 7.11 Å². The predicted molar refractivity (Wildman–Crippen MR) is 110 cm³/mol. The molecule has 1 fully saturated rings. The third-order valence-electron chi connectivity index (χ3n) is 5.65. The Hall–Kier alpha value is -2.07. The minimum Gasteiger partial charge on any atom is -0.493 e. The first-order chi connectivity index (χ1) is 13.1. The molecule has 2 aromatic carbocycles. The third-order valence-corrected chi connectivity index (χ3v) is 5.65. The first-order valence-electron chi connectivity index (χ1n) is 10.1. The number of carbonyl (C=O) groups excluding carboxylic acids is 1. The number of hydrogen-bond acceptors (Lipinski definition) is 3. The molecule has 2 atom stereocenters. The van der Waals surface area contributed by atoms with Gasteiger partial charge in [0.2, 0.25) is 0 Å². The van der Waals surface area contributed by atoms with Gasteiger partial charge in [-0.05, 0) is 43.7 Å². The van der Waals surface area contributed by atoms with Crippen molar-refractivity contribution in [1.29, 1.82) is 0 Å². The smallest absolute Gasteiger partial charge is 0.256 e. The molecule has 3 rings (SSSR count). The van der Waals surface area contributed by atoms with E-state index in [9.17, 15) is 4.79 Å². The molecule has 1 aliphatic rings. The number of anilines is 1. The van der Waals surface area contributed by atoms with Crippen molar-refractivity contribution in [3.8, 4) is 5.75 Å². The van der Waals surface area contributed by atoms with Gasteiger partial charge in [0.15, 0.2) is 0 Å². The molecule has 0 aliphatic heterocycles. The van der Waals surface area contributed by atoms with Gasteiger partial charge < -0.3 is 14.8 Å². The van der Waals surface area contributed by atoms with Crippen LogP contribution in [0.15, 0.2) is 36.4 Å². The number of hydrogen-bond donors (Lipinski definition) is 1. The lowest BCUT2D eigenvalue weighted by Crippen LogP contribution is -2.47. The van der Waals surface area contributed by atoms with Crippen LogP contribution in [0.1, 0.15) is 52.4 Å². The molecule has 0 radical (unpaired) electrons. The summed E-state index contributed by atoms with van der Waals surface area (Å²) in [7, 11) is 1.65. The highest BCUT2D eigenvalue weighted by Gasteiger charge is 2.42. The molecule has 1 amide bonds. The van der Waals surface area contributed by atoms with Crippen molar-refractivity contribution in [1.82, 2.24) is 0 Å². The lowest BCUT2D eigenvalue weighted by atomic mass is 9.78.